The van der Waals surface area contributed by atoms with E-state index in [9.17, 15) is 22.8 Å². The number of rotatable bonds is 3. The number of ketones is 1. The van der Waals surface area contributed by atoms with E-state index in [1.165, 1.54) is 6.07 Å². The second-order valence-corrected chi connectivity index (χ2v) is 3.59. The summed E-state index contributed by atoms with van der Waals surface area (Å²) in [6, 6.07) is 2.08. The Morgan fingerprint density at radius 2 is 1.94 bits per heavy atom. The van der Waals surface area contributed by atoms with Crippen LogP contribution >= 0.6 is 0 Å². The Morgan fingerprint density at radius 3 is 2.29 bits per heavy atom. The molecule has 0 radical (unpaired) electrons. The van der Waals surface area contributed by atoms with E-state index in [1.807, 2.05) is 0 Å². The Labute approximate surface area is 96.4 Å². The van der Waals surface area contributed by atoms with Crippen molar-refractivity contribution in [3.63, 3.8) is 0 Å². The summed E-state index contributed by atoms with van der Waals surface area (Å²) in [7, 11) is 0. The third-order valence-corrected chi connectivity index (χ3v) is 2.49. The van der Waals surface area contributed by atoms with E-state index in [0.717, 1.165) is 13.0 Å². The highest BCUT2D eigenvalue weighted by Gasteiger charge is 2.36. The molecule has 0 spiro atoms. The fraction of sp³-hybridized carbons (Fsp3) is 0.333. The second-order valence-electron chi connectivity index (χ2n) is 3.59. The molecule has 0 N–H and O–H groups in total. The molecule has 0 saturated carbocycles. The topological polar surface area (TPSA) is 34.1 Å². The van der Waals surface area contributed by atoms with Gasteiger partial charge in [0.1, 0.15) is 0 Å². The fourth-order valence-corrected chi connectivity index (χ4v) is 1.72. The van der Waals surface area contributed by atoms with Gasteiger partial charge in [-0.2, -0.15) is 13.2 Å². The van der Waals surface area contributed by atoms with Crippen LogP contribution in [-0.4, -0.2) is 12.1 Å². The first-order chi connectivity index (χ1) is 7.82. The van der Waals surface area contributed by atoms with E-state index in [1.54, 1.807) is 6.92 Å². The quantitative estimate of drug-likeness (QED) is 0.604. The normalized spacial score (nSPS) is 11.4. The van der Waals surface area contributed by atoms with Gasteiger partial charge >= 0.3 is 6.18 Å². The number of carbonyl (C=O) groups is 2. The van der Waals surface area contributed by atoms with Gasteiger partial charge in [0.15, 0.2) is 12.1 Å². The van der Waals surface area contributed by atoms with Crippen molar-refractivity contribution in [2.45, 2.75) is 26.4 Å². The standard InChI is InChI=1S/C12H11F3O2/c1-3-8-4-5-10(12(13,14)15)11(7(2)17)9(8)6-16/h4-6H,3H2,1-2H3. The zero-order chi connectivity index (χ0) is 13.2. The van der Waals surface area contributed by atoms with Crippen molar-refractivity contribution in [2.24, 2.45) is 0 Å². The van der Waals surface area contributed by atoms with Crippen molar-refractivity contribution in [3.05, 3.63) is 34.4 Å². The van der Waals surface area contributed by atoms with Gasteiger partial charge in [-0.3, -0.25) is 9.59 Å². The summed E-state index contributed by atoms with van der Waals surface area (Å²) in [6.07, 6.45) is -3.93. The first-order valence-electron chi connectivity index (χ1n) is 5.02. The van der Waals surface area contributed by atoms with Gasteiger partial charge in [-0.25, -0.2) is 0 Å². The molecule has 1 aromatic rings. The minimum Gasteiger partial charge on any atom is -0.298 e. The van der Waals surface area contributed by atoms with E-state index in [2.05, 4.69) is 0 Å². The number of halogens is 3. The Bertz CT molecular complexity index is 462. The van der Waals surface area contributed by atoms with E-state index >= 15 is 0 Å². The molecule has 0 aliphatic carbocycles. The van der Waals surface area contributed by atoms with Crippen molar-refractivity contribution in [2.75, 3.05) is 0 Å². The number of aldehydes is 1. The van der Waals surface area contributed by atoms with E-state index in [0.29, 0.717) is 18.3 Å². The number of alkyl halides is 3. The molecule has 0 heterocycles. The maximum Gasteiger partial charge on any atom is 0.417 e. The highest BCUT2D eigenvalue weighted by molar-refractivity contribution is 6.03. The van der Waals surface area contributed by atoms with Crippen LogP contribution in [0.15, 0.2) is 12.1 Å². The minimum absolute atomic E-state index is 0.158. The van der Waals surface area contributed by atoms with Crippen molar-refractivity contribution in [1.29, 1.82) is 0 Å². The van der Waals surface area contributed by atoms with Crippen LogP contribution in [-0.2, 0) is 12.6 Å². The predicted octanol–water partition coefficient (Wildman–Crippen LogP) is 3.28. The summed E-state index contributed by atoms with van der Waals surface area (Å²) in [5.41, 5.74) is -1.30. The highest BCUT2D eigenvalue weighted by atomic mass is 19.4. The molecule has 92 valence electrons. The molecule has 1 rings (SSSR count). The maximum atomic E-state index is 12.7. The molecular formula is C12H11F3O2. The van der Waals surface area contributed by atoms with Crippen molar-refractivity contribution in [3.8, 4) is 0 Å². The molecule has 17 heavy (non-hydrogen) atoms. The molecule has 0 unspecified atom stereocenters. The first-order valence-corrected chi connectivity index (χ1v) is 5.02. The number of Topliss-reactive ketones (excluding diaryl/α,β-unsaturated/α-hetero) is 1. The van der Waals surface area contributed by atoms with Gasteiger partial charge in [-0.05, 0) is 25.0 Å². The fourth-order valence-electron chi connectivity index (χ4n) is 1.72. The van der Waals surface area contributed by atoms with Crippen LogP contribution in [0.5, 0.6) is 0 Å². The molecule has 0 bridgehead atoms. The van der Waals surface area contributed by atoms with Crippen LogP contribution in [0.3, 0.4) is 0 Å². The lowest BCUT2D eigenvalue weighted by atomic mass is 9.93. The number of benzene rings is 1. The van der Waals surface area contributed by atoms with Gasteiger partial charge in [0.2, 0.25) is 0 Å². The molecular weight excluding hydrogens is 233 g/mol. The van der Waals surface area contributed by atoms with E-state index in [-0.39, 0.29) is 5.56 Å². The number of hydrogen-bond donors (Lipinski definition) is 0. The van der Waals surface area contributed by atoms with Gasteiger partial charge in [0.05, 0.1) is 5.56 Å². The summed E-state index contributed by atoms with van der Waals surface area (Å²) in [5, 5.41) is 0. The largest absolute Gasteiger partial charge is 0.417 e. The molecule has 2 nitrogen and oxygen atoms in total. The van der Waals surface area contributed by atoms with Crippen LogP contribution < -0.4 is 0 Å². The molecule has 0 aromatic heterocycles. The summed E-state index contributed by atoms with van der Waals surface area (Å²) in [4.78, 5) is 22.2. The number of aryl methyl sites for hydroxylation is 1. The third-order valence-electron chi connectivity index (χ3n) is 2.49. The van der Waals surface area contributed by atoms with Crippen LogP contribution in [0.1, 0.15) is 45.7 Å². The Kier molecular flexibility index (Phi) is 3.70. The average Bonchev–Trinajstić information content (AvgIpc) is 2.25. The van der Waals surface area contributed by atoms with Gasteiger partial charge in [0, 0.05) is 11.1 Å². The Morgan fingerprint density at radius 1 is 1.35 bits per heavy atom. The molecule has 0 atom stereocenters. The van der Waals surface area contributed by atoms with Gasteiger partial charge < -0.3 is 0 Å². The lowest BCUT2D eigenvalue weighted by Crippen LogP contribution is -2.15. The zero-order valence-electron chi connectivity index (χ0n) is 9.39. The van der Waals surface area contributed by atoms with Crippen LogP contribution in [0.4, 0.5) is 13.2 Å². The van der Waals surface area contributed by atoms with Gasteiger partial charge in [-0.15, -0.1) is 0 Å². The molecule has 0 aliphatic rings. The Balaban J connectivity index is 3.65. The average molecular weight is 244 g/mol. The van der Waals surface area contributed by atoms with Crippen LogP contribution in [0.25, 0.3) is 0 Å². The molecule has 0 saturated heterocycles. The summed E-state index contributed by atoms with van der Waals surface area (Å²) < 4.78 is 38.1. The second kappa shape index (κ2) is 4.69. The van der Waals surface area contributed by atoms with Crippen molar-refractivity contribution >= 4 is 12.1 Å². The van der Waals surface area contributed by atoms with Crippen LogP contribution in [0, 0.1) is 0 Å². The summed E-state index contributed by atoms with van der Waals surface area (Å²) in [5.74, 6) is -0.755. The molecule has 1 aromatic carbocycles. The minimum atomic E-state index is -4.63. The lowest BCUT2D eigenvalue weighted by molar-refractivity contribution is -0.137. The van der Waals surface area contributed by atoms with Crippen LogP contribution in [0.2, 0.25) is 0 Å². The highest BCUT2D eigenvalue weighted by Crippen LogP contribution is 2.34. The SMILES string of the molecule is CCc1ccc(C(F)(F)F)c(C(C)=O)c1C=O. The van der Waals surface area contributed by atoms with Gasteiger partial charge in [-0.1, -0.05) is 13.0 Å². The smallest absolute Gasteiger partial charge is 0.298 e. The van der Waals surface area contributed by atoms with Crippen molar-refractivity contribution in [1.82, 2.24) is 0 Å². The Hall–Kier alpha value is -1.65. The lowest BCUT2D eigenvalue weighted by Gasteiger charge is -2.15. The predicted molar refractivity (Wildman–Crippen MR) is 56.2 cm³/mol. The maximum absolute atomic E-state index is 12.7. The van der Waals surface area contributed by atoms with E-state index < -0.39 is 23.1 Å². The van der Waals surface area contributed by atoms with Crippen molar-refractivity contribution < 1.29 is 22.8 Å². The molecule has 0 aliphatic heterocycles. The summed E-state index contributed by atoms with van der Waals surface area (Å²) in [6.45, 7) is 2.73. The monoisotopic (exact) mass is 244 g/mol. The third kappa shape index (κ3) is 2.54. The molecule has 0 amide bonds. The number of hydrogen-bond acceptors (Lipinski definition) is 2. The number of carbonyl (C=O) groups excluding carboxylic acids is 2. The molecule has 5 heteroatoms. The van der Waals surface area contributed by atoms with E-state index in [4.69, 9.17) is 0 Å². The van der Waals surface area contributed by atoms with Gasteiger partial charge in [0.25, 0.3) is 0 Å². The molecule has 0 fully saturated rings. The first kappa shape index (κ1) is 13.4. The summed E-state index contributed by atoms with van der Waals surface area (Å²) >= 11 is 0. The zero-order valence-corrected chi connectivity index (χ0v) is 9.39.